The van der Waals surface area contributed by atoms with Gasteiger partial charge in [0.1, 0.15) is 5.76 Å². The van der Waals surface area contributed by atoms with E-state index in [4.69, 9.17) is 4.42 Å². The fraction of sp³-hybridized carbons (Fsp3) is 0.0455. The molecule has 0 saturated carbocycles. The smallest absolute Gasteiger partial charge is 0.344 e. The lowest BCUT2D eigenvalue weighted by Crippen LogP contribution is -2.03. The zero-order chi connectivity index (χ0) is 17.2. The van der Waals surface area contributed by atoms with Crippen LogP contribution in [0.3, 0.4) is 0 Å². The van der Waals surface area contributed by atoms with Crippen LogP contribution in [-0.4, -0.2) is 6.26 Å². The van der Waals surface area contributed by atoms with Crippen molar-refractivity contribution in [1.82, 2.24) is 0 Å². The zero-order valence-corrected chi connectivity index (χ0v) is 14.5. The molecule has 0 aliphatic heterocycles. The fourth-order valence-corrected chi connectivity index (χ4v) is 3.48. The summed E-state index contributed by atoms with van der Waals surface area (Å²) in [5, 5.41) is 1.53. The predicted molar refractivity (Wildman–Crippen MR) is 105 cm³/mol. The number of rotatable bonds is 3. The van der Waals surface area contributed by atoms with Gasteiger partial charge in [-0.25, -0.2) is 4.79 Å². The SMILES string of the molecule is CSc1ccc2c(=O)oc(-c3ccccc3)c(-c3ccccc3)c2c1. The number of hydrogen-bond donors (Lipinski definition) is 0. The van der Waals surface area contributed by atoms with E-state index >= 15 is 0 Å². The number of fused-ring (bicyclic) bond motifs is 1. The lowest BCUT2D eigenvalue weighted by Gasteiger charge is -2.13. The summed E-state index contributed by atoms with van der Waals surface area (Å²) in [6, 6.07) is 25.8. The molecule has 0 unspecified atom stereocenters. The molecule has 0 fully saturated rings. The topological polar surface area (TPSA) is 30.2 Å². The maximum atomic E-state index is 12.6. The summed E-state index contributed by atoms with van der Waals surface area (Å²) < 4.78 is 5.77. The van der Waals surface area contributed by atoms with Crippen LogP contribution in [0.2, 0.25) is 0 Å². The first-order valence-electron chi connectivity index (χ1n) is 8.03. The van der Waals surface area contributed by atoms with Crippen LogP contribution in [0.1, 0.15) is 0 Å². The molecule has 0 saturated heterocycles. The van der Waals surface area contributed by atoms with Crippen molar-refractivity contribution in [1.29, 1.82) is 0 Å². The van der Waals surface area contributed by atoms with E-state index in [1.165, 1.54) is 0 Å². The molecule has 0 aliphatic rings. The second-order valence-corrected chi connectivity index (χ2v) is 6.62. The maximum absolute atomic E-state index is 12.6. The Hall–Kier alpha value is -2.78. The van der Waals surface area contributed by atoms with Crippen LogP contribution < -0.4 is 5.63 Å². The highest BCUT2D eigenvalue weighted by atomic mass is 32.2. The first-order chi connectivity index (χ1) is 12.3. The fourth-order valence-electron chi connectivity index (χ4n) is 3.04. The van der Waals surface area contributed by atoms with Crippen molar-refractivity contribution < 1.29 is 4.42 Å². The van der Waals surface area contributed by atoms with Crippen molar-refractivity contribution in [2.75, 3.05) is 6.26 Å². The molecule has 25 heavy (non-hydrogen) atoms. The molecule has 4 rings (SSSR count). The Kier molecular flexibility index (Phi) is 4.16. The van der Waals surface area contributed by atoms with E-state index in [2.05, 4.69) is 6.07 Å². The van der Waals surface area contributed by atoms with Gasteiger partial charge in [-0.15, -0.1) is 11.8 Å². The highest BCUT2D eigenvalue weighted by Gasteiger charge is 2.17. The van der Waals surface area contributed by atoms with Gasteiger partial charge < -0.3 is 4.42 Å². The second kappa shape index (κ2) is 6.61. The lowest BCUT2D eigenvalue weighted by molar-refractivity contribution is 0.536. The van der Waals surface area contributed by atoms with Gasteiger partial charge in [-0.05, 0) is 30.0 Å². The van der Waals surface area contributed by atoms with Crippen molar-refractivity contribution in [3.05, 3.63) is 89.3 Å². The molecule has 0 radical (unpaired) electrons. The highest BCUT2D eigenvalue weighted by Crippen LogP contribution is 2.37. The van der Waals surface area contributed by atoms with Crippen molar-refractivity contribution >= 4 is 22.5 Å². The minimum atomic E-state index is -0.304. The Bertz CT molecular complexity index is 1080. The van der Waals surface area contributed by atoms with Gasteiger partial charge in [-0.3, -0.25) is 0 Å². The highest BCUT2D eigenvalue weighted by molar-refractivity contribution is 7.98. The van der Waals surface area contributed by atoms with E-state index in [1.54, 1.807) is 11.8 Å². The standard InChI is InChI=1S/C22H16O2S/c1-25-17-12-13-18-19(14-17)20(15-8-4-2-5-9-15)21(24-22(18)23)16-10-6-3-7-11-16/h2-14H,1H3. The number of hydrogen-bond acceptors (Lipinski definition) is 3. The summed E-state index contributed by atoms with van der Waals surface area (Å²) in [4.78, 5) is 13.7. The molecule has 0 atom stereocenters. The Labute approximate surface area is 150 Å². The maximum Gasteiger partial charge on any atom is 0.344 e. The molecule has 4 aromatic rings. The molecule has 0 aliphatic carbocycles. The second-order valence-electron chi connectivity index (χ2n) is 5.74. The lowest BCUT2D eigenvalue weighted by atomic mass is 9.95. The van der Waals surface area contributed by atoms with Crippen LogP contribution in [0.5, 0.6) is 0 Å². The van der Waals surface area contributed by atoms with Gasteiger partial charge in [0, 0.05) is 21.4 Å². The van der Waals surface area contributed by atoms with Gasteiger partial charge in [0.15, 0.2) is 0 Å². The van der Waals surface area contributed by atoms with E-state index < -0.39 is 0 Å². The van der Waals surface area contributed by atoms with Crippen molar-refractivity contribution in [3.63, 3.8) is 0 Å². The summed E-state index contributed by atoms with van der Waals surface area (Å²) in [6.45, 7) is 0. The third-order valence-corrected chi connectivity index (χ3v) is 4.96. The molecule has 122 valence electrons. The molecule has 0 spiro atoms. The van der Waals surface area contributed by atoms with Gasteiger partial charge in [-0.1, -0.05) is 60.7 Å². The van der Waals surface area contributed by atoms with E-state index in [9.17, 15) is 4.79 Å². The molecule has 2 nitrogen and oxygen atoms in total. The average Bonchev–Trinajstić information content (AvgIpc) is 2.68. The van der Waals surface area contributed by atoms with Gasteiger partial charge in [0.25, 0.3) is 0 Å². The minimum absolute atomic E-state index is 0.304. The molecular weight excluding hydrogens is 328 g/mol. The minimum Gasteiger partial charge on any atom is -0.422 e. The monoisotopic (exact) mass is 344 g/mol. The zero-order valence-electron chi connectivity index (χ0n) is 13.7. The first kappa shape index (κ1) is 15.7. The molecule has 0 N–H and O–H groups in total. The van der Waals surface area contributed by atoms with Gasteiger partial charge in [0.2, 0.25) is 0 Å². The summed E-state index contributed by atoms with van der Waals surface area (Å²) in [5.41, 5.74) is 2.58. The summed E-state index contributed by atoms with van der Waals surface area (Å²) in [5.74, 6) is 0.613. The summed E-state index contributed by atoms with van der Waals surface area (Å²) in [6.07, 6.45) is 2.03. The average molecular weight is 344 g/mol. The van der Waals surface area contributed by atoms with E-state index in [1.807, 2.05) is 79.1 Å². The van der Waals surface area contributed by atoms with Crippen LogP contribution >= 0.6 is 11.8 Å². The molecule has 1 aromatic heterocycles. The molecule has 3 heteroatoms. The molecule has 0 amide bonds. The summed E-state index contributed by atoms with van der Waals surface area (Å²) >= 11 is 1.66. The van der Waals surface area contributed by atoms with Crippen LogP contribution in [0.4, 0.5) is 0 Å². The van der Waals surface area contributed by atoms with Crippen molar-refractivity contribution in [3.8, 4) is 22.5 Å². The largest absolute Gasteiger partial charge is 0.422 e. The van der Waals surface area contributed by atoms with E-state index in [0.717, 1.165) is 27.0 Å². The van der Waals surface area contributed by atoms with Crippen molar-refractivity contribution in [2.24, 2.45) is 0 Å². The summed E-state index contributed by atoms with van der Waals surface area (Å²) in [7, 11) is 0. The third kappa shape index (κ3) is 2.87. The normalized spacial score (nSPS) is 10.9. The van der Waals surface area contributed by atoms with Crippen LogP contribution in [0, 0.1) is 0 Å². The number of benzene rings is 3. The van der Waals surface area contributed by atoms with E-state index in [-0.39, 0.29) is 5.63 Å². The first-order valence-corrected chi connectivity index (χ1v) is 9.26. The Morgan fingerprint density at radius 1 is 0.760 bits per heavy atom. The van der Waals surface area contributed by atoms with Gasteiger partial charge in [0.05, 0.1) is 5.39 Å². The van der Waals surface area contributed by atoms with Crippen molar-refractivity contribution in [2.45, 2.75) is 4.90 Å². The van der Waals surface area contributed by atoms with Gasteiger partial charge >= 0.3 is 5.63 Å². The van der Waals surface area contributed by atoms with Gasteiger partial charge in [-0.2, -0.15) is 0 Å². The molecular formula is C22H16O2S. The van der Waals surface area contributed by atoms with E-state index in [0.29, 0.717) is 11.1 Å². The van der Waals surface area contributed by atoms with Crippen LogP contribution in [0.25, 0.3) is 33.2 Å². The number of thioether (sulfide) groups is 1. The predicted octanol–water partition coefficient (Wildman–Crippen LogP) is 5.85. The molecule has 3 aromatic carbocycles. The van der Waals surface area contributed by atoms with Crippen LogP contribution in [0.15, 0.2) is 93.0 Å². The Balaban J connectivity index is 2.16. The Morgan fingerprint density at radius 3 is 2.04 bits per heavy atom. The quantitative estimate of drug-likeness (QED) is 0.437. The molecule has 1 heterocycles. The Morgan fingerprint density at radius 2 is 1.40 bits per heavy atom. The van der Waals surface area contributed by atoms with Crippen LogP contribution in [-0.2, 0) is 0 Å². The molecule has 0 bridgehead atoms. The third-order valence-electron chi connectivity index (χ3n) is 4.24.